The van der Waals surface area contributed by atoms with Crippen LogP contribution in [0.25, 0.3) is 0 Å². The van der Waals surface area contributed by atoms with Crippen LogP contribution in [0.5, 0.6) is 5.75 Å². The van der Waals surface area contributed by atoms with Crippen LogP contribution in [0.1, 0.15) is 22.3 Å². The van der Waals surface area contributed by atoms with Crippen LogP contribution in [0.3, 0.4) is 0 Å². The summed E-state index contributed by atoms with van der Waals surface area (Å²) in [5, 5.41) is -0.801. The summed E-state index contributed by atoms with van der Waals surface area (Å²) in [4.78, 5) is 13.1. The van der Waals surface area contributed by atoms with Gasteiger partial charge in [0.25, 0.3) is 0 Å². The van der Waals surface area contributed by atoms with Gasteiger partial charge in [0, 0.05) is 0 Å². The fourth-order valence-electron chi connectivity index (χ4n) is 4.81. The van der Waals surface area contributed by atoms with Gasteiger partial charge in [-0.05, 0) is 42.7 Å². The summed E-state index contributed by atoms with van der Waals surface area (Å²) in [5.41, 5.74) is 0.0719. The number of benzene rings is 2. The summed E-state index contributed by atoms with van der Waals surface area (Å²) in [6, 6.07) is 15.5. The number of methoxy groups -OCH3 is 1. The average molecular weight is 442 g/mol. The highest BCUT2D eigenvalue weighted by Gasteiger charge is 2.66. The maximum absolute atomic E-state index is 13.1. The van der Waals surface area contributed by atoms with Gasteiger partial charge in [-0.25, -0.2) is 17.9 Å². The summed E-state index contributed by atoms with van der Waals surface area (Å²) < 4.78 is 46.2. The summed E-state index contributed by atoms with van der Waals surface area (Å²) >= 11 is 0. The summed E-state index contributed by atoms with van der Waals surface area (Å²) in [6.07, 6.45) is 3.23. The van der Waals surface area contributed by atoms with Crippen LogP contribution in [0.15, 0.2) is 66.7 Å². The van der Waals surface area contributed by atoms with Gasteiger partial charge < -0.3 is 14.2 Å². The first kappa shape index (κ1) is 20.2. The van der Waals surface area contributed by atoms with E-state index >= 15 is 0 Å². The van der Waals surface area contributed by atoms with Gasteiger partial charge >= 0.3 is 5.97 Å². The zero-order chi connectivity index (χ0) is 21.6. The highest BCUT2D eigenvalue weighted by Crippen LogP contribution is 2.48. The van der Waals surface area contributed by atoms with Gasteiger partial charge in [0.2, 0.25) is 10.0 Å². The molecular weight excluding hydrogens is 418 g/mol. The Labute approximate surface area is 181 Å². The minimum atomic E-state index is -3.65. The van der Waals surface area contributed by atoms with E-state index in [4.69, 9.17) is 14.2 Å². The third kappa shape index (κ3) is 3.44. The summed E-state index contributed by atoms with van der Waals surface area (Å²) in [5.74, 6) is -0.0165. The molecule has 2 fully saturated rings. The first-order valence-corrected chi connectivity index (χ1v) is 11.7. The van der Waals surface area contributed by atoms with Gasteiger partial charge in [0.05, 0.1) is 24.8 Å². The fourth-order valence-corrected chi connectivity index (χ4v) is 6.80. The van der Waals surface area contributed by atoms with E-state index in [0.29, 0.717) is 24.2 Å². The van der Waals surface area contributed by atoms with Crippen LogP contribution in [0.4, 0.5) is 0 Å². The van der Waals surface area contributed by atoms with E-state index < -0.39 is 39.0 Å². The molecule has 5 rings (SSSR count). The normalized spacial score (nSPS) is 32.4. The largest absolute Gasteiger partial charge is 0.497 e. The minimum Gasteiger partial charge on any atom is -0.497 e. The third-order valence-electron chi connectivity index (χ3n) is 6.21. The van der Waals surface area contributed by atoms with Gasteiger partial charge in [-0.2, -0.15) is 0 Å². The predicted octanol–water partition coefficient (Wildman–Crippen LogP) is 2.23. The molecule has 2 aromatic carbocycles. The lowest BCUT2D eigenvalue weighted by Gasteiger charge is -2.45. The lowest BCUT2D eigenvalue weighted by atomic mass is 9.83. The molecule has 0 radical (unpaired) electrons. The second-order valence-electron chi connectivity index (χ2n) is 8.11. The number of fused-ring (bicyclic) bond motifs is 1. The van der Waals surface area contributed by atoms with Crippen LogP contribution in [0.2, 0.25) is 0 Å². The van der Waals surface area contributed by atoms with Gasteiger partial charge in [-0.15, -0.1) is 0 Å². The van der Waals surface area contributed by atoms with Crippen molar-refractivity contribution in [2.45, 2.75) is 41.9 Å². The lowest BCUT2D eigenvalue weighted by molar-refractivity contribution is -0.0867. The van der Waals surface area contributed by atoms with E-state index in [2.05, 4.69) is 4.72 Å². The second kappa shape index (κ2) is 7.47. The van der Waals surface area contributed by atoms with Crippen molar-refractivity contribution in [3.8, 4) is 5.75 Å². The number of carbonyl (C=O) groups is 1. The van der Waals surface area contributed by atoms with Crippen molar-refractivity contribution in [2.75, 3.05) is 7.11 Å². The van der Waals surface area contributed by atoms with E-state index in [9.17, 15) is 13.2 Å². The van der Waals surface area contributed by atoms with E-state index in [1.807, 2.05) is 36.4 Å². The Bertz CT molecular complexity index is 1130. The molecule has 0 unspecified atom stereocenters. The van der Waals surface area contributed by atoms with E-state index in [1.165, 1.54) is 7.11 Å². The Kier molecular flexibility index (Phi) is 4.88. The highest BCUT2D eigenvalue weighted by atomic mass is 32.2. The smallest absolute Gasteiger partial charge is 0.338 e. The Balaban J connectivity index is 1.51. The number of carbonyl (C=O) groups excluding carboxylic acids is 1. The highest BCUT2D eigenvalue weighted by molar-refractivity contribution is 7.90. The van der Waals surface area contributed by atoms with Crippen molar-refractivity contribution in [3.63, 3.8) is 0 Å². The quantitative estimate of drug-likeness (QED) is 0.565. The molecule has 8 heteroatoms. The third-order valence-corrected chi connectivity index (χ3v) is 8.16. The number of ether oxygens (including phenoxy) is 3. The number of sulfonamides is 1. The molecule has 1 spiro atoms. The Morgan fingerprint density at radius 3 is 2.74 bits per heavy atom. The average Bonchev–Trinajstić information content (AvgIpc) is 3.37. The Morgan fingerprint density at radius 1 is 1.19 bits per heavy atom. The number of esters is 1. The molecule has 1 N–H and O–H groups in total. The molecule has 2 saturated heterocycles. The molecule has 0 aliphatic carbocycles. The number of hydrogen-bond acceptors (Lipinski definition) is 6. The SMILES string of the molecule is COc1cccc(C(=O)O[C@H]2[C@H](Cc3ccccc3)NS(=O)(=O)[C@H]3C[C@@H]4C=C[C@]23O4)c1. The van der Waals surface area contributed by atoms with Crippen LogP contribution < -0.4 is 9.46 Å². The first-order chi connectivity index (χ1) is 14.9. The van der Waals surface area contributed by atoms with E-state index in [1.54, 1.807) is 30.3 Å². The van der Waals surface area contributed by atoms with Crippen molar-refractivity contribution < 1.29 is 27.4 Å². The zero-order valence-electron chi connectivity index (χ0n) is 16.9. The summed E-state index contributed by atoms with van der Waals surface area (Å²) in [6.45, 7) is 0. The topological polar surface area (TPSA) is 90.9 Å². The van der Waals surface area contributed by atoms with Crippen molar-refractivity contribution >= 4 is 16.0 Å². The van der Waals surface area contributed by atoms with Crippen LogP contribution in [-0.4, -0.2) is 50.6 Å². The van der Waals surface area contributed by atoms with E-state index in [-0.39, 0.29) is 6.10 Å². The molecule has 7 nitrogen and oxygen atoms in total. The predicted molar refractivity (Wildman–Crippen MR) is 113 cm³/mol. The molecule has 0 aromatic heterocycles. The molecule has 2 bridgehead atoms. The number of nitrogens with one attached hydrogen (secondary N) is 1. The van der Waals surface area contributed by atoms with Gasteiger partial charge in [0.15, 0.2) is 6.10 Å². The molecule has 3 aliphatic heterocycles. The molecule has 162 valence electrons. The molecule has 3 heterocycles. The second-order valence-corrected chi connectivity index (χ2v) is 10.0. The van der Waals surface area contributed by atoms with E-state index in [0.717, 1.165) is 5.56 Å². The molecule has 31 heavy (non-hydrogen) atoms. The molecular formula is C23H23NO6S. The molecule has 3 aliphatic rings. The minimum absolute atomic E-state index is 0.296. The maximum Gasteiger partial charge on any atom is 0.338 e. The summed E-state index contributed by atoms with van der Waals surface area (Å²) in [7, 11) is -2.13. The van der Waals surface area contributed by atoms with Crippen LogP contribution in [-0.2, 0) is 25.9 Å². The maximum atomic E-state index is 13.1. The Hall–Kier alpha value is -2.68. The Morgan fingerprint density at radius 2 is 2.00 bits per heavy atom. The van der Waals surface area contributed by atoms with Crippen LogP contribution >= 0.6 is 0 Å². The monoisotopic (exact) mass is 441 g/mol. The van der Waals surface area contributed by atoms with Crippen LogP contribution in [0, 0.1) is 0 Å². The van der Waals surface area contributed by atoms with Gasteiger partial charge in [0.1, 0.15) is 16.6 Å². The molecule has 0 amide bonds. The van der Waals surface area contributed by atoms with Crippen molar-refractivity contribution in [1.82, 2.24) is 4.72 Å². The fraction of sp³-hybridized carbons (Fsp3) is 0.348. The van der Waals surface area contributed by atoms with Gasteiger partial charge in [-0.1, -0.05) is 42.5 Å². The molecule has 5 atom stereocenters. The lowest BCUT2D eigenvalue weighted by Crippen LogP contribution is -2.68. The first-order valence-electron chi connectivity index (χ1n) is 10.2. The van der Waals surface area contributed by atoms with Crippen molar-refractivity contribution in [2.24, 2.45) is 0 Å². The standard InChI is InChI=1S/C23H23NO6S/c1-28-17-9-5-8-16(13-17)22(25)29-21-19(12-15-6-3-2-4-7-15)24-31(26,27)20-14-18-10-11-23(20,21)30-18/h2-11,13,18-21,24H,12,14H2,1H3/t18-,19-,20-,21-,23+/m0/s1. The zero-order valence-corrected chi connectivity index (χ0v) is 17.7. The van der Waals surface area contributed by atoms with Crippen molar-refractivity contribution in [1.29, 1.82) is 0 Å². The van der Waals surface area contributed by atoms with Crippen molar-refractivity contribution in [3.05, 3.63) is 77.9 Å². The van der Waals surface area contributed by atoms with Gasteiger partial charge in [-0.3, -0.25) is 0 Å². The molecule has 0 saturated carbocycles. The number of hydrogen-bond donors (Lipinski definition) is 1. The number of rotatable bonds is 5. The molecule has 2 aromatic rings.